The Morgan fingerprint density at radius 3 is 2.66 bits per heavy atom. The fourth-order valence-electron chi connectivity index (χ4n) is 2.75. The van der Waals surface area contributed by atoms with Crippen LogP contribution in [0, 0.1) is 12.7 Å². The summed E-state index contributed by atoms with van der Waals surface area (Å²) in [6, 6.07) is 3.29. The van der Waals surface area contributed by atoms with Gasteiger partial charge >= 0.3 is 12.1 Å². The van der Waals surface area contributed by atoms with Gasteiger partial charge < -0.3 is 9.84 Å². The molecule has 1 aromatic carbocycles. The van der Waals surface area contributed by atoms with Gasteiger partial charge in [0.25, 0.3) is 0 Å². The second-order valence-corrected chi connectivity index (χ2v) is 7.64. The molecular formula is C19H14ClF4NO3S. The molecule has 4 nitrogen and oxygen atoms in total. The number of ether oxygens (including phenoxy) is 1. The third-order valence-corrected chi connectivity index (χ3v) is 5.73. The number of hydrogen-bond acceptors (Lipinski definition) is 4. The lowest BCUT2D eigenvalue weighted by Crippen LogP contribution is -2.10. The normalized spacial score (nSPS) is 12.9. The van der Waals surface area contributed by atoms with E-state index in [0.29, 0.717) is 16.5 Å². The van der Waals surface area contributed by atoms with E-state index in [9.17, 15) is 27.5 Å². The number of benzene rings is 1. The van der Waals surface area contributed by atoms with Gasteiger partial charge in [0, 0.05) is 22.7 Å². The summed E-state index contributed by atoms with van der Waals surface area (Å²) >= 11 is 7.25. The third kappa shape index (κ3) is 4.16. The van der Waals surface area contributed by atoms with E-state index in [4.69, 9.17) is 16.3 Å². The van der Waals surface area contributed by atoms with Crippen LogP contribution >= 0.6 is 22.9 Å². The number of pyridine rings is 1. The maximum Gasteiger partial charge on any atom is 0.433 e. The molecule has 0 saturated heterocycles. The molecule has 0 amide bonds. The first-order valence-corrected chi connectivity index (χ1v) is 9.55. The van der Waals surface area contributed by atoms with E-state index in [0.717, 1.165) is 17.4 Å². The summed E-state index contributed by atoms with van der Waals surface area (Å²) in [6.45, 7) is 2.67. The molecule has 0 fully saturated rings. The highest BCUT2D eigenvalue weighted by Crippen LogP contribution is 2.41. The lowest BCUT2D eigenvalue weighted by atomic mass is 10.0. The van der Waals surface area contributed by atoms with Crippen molar-refractivity contribution in [3.8, 4) is 5.75 Å². The number of aryl methyl sites for hydroxylation is 1. The predicted octanol–water partition coefficient (Wildman–Crippen LogP) is 6.18. The number of thiophene rings is 1. The molecule has 1 N–H and O–H groups in total. The fraction of sp³-hybridized carbons (Fsp3) is 0.263. The zero-order valence-electron chi connectivity index (χ0n) is 15.1. The monoisotopic (exact) mass is 447 g/mol. The number of rotatable bonds is 5. The quantitative estimate of drug-likeness (QED) is 0.474. The van der Waals surface area contributed by atoms with Gasteiger partial charge in [0.1, 0.15) is 12.3 Å². The highest BCUT2D eigenvalue weighted by Gasteiger charge is 2.32. The van der Waals surface area contributed by atoms with Crippen molar-refractivity contribution >= 4 is 39.0 Å². The number of nitrogens with zero attached hydrogens (tertiary/aromatic N) is 1. The number of carboxylic acids is 1. The molecule has 1 unspecified atom stereocenters. The molecule has 0 spiro atoms. The van der Waals surface area contributed by atoms with E-state index < -0.39 is 29.6 Å². The Morgan fingerprint density at radius 1 is 1.38 bits per heavy atom. The van der Waals surface area contributed by atoms with Gasteiger partial charge in [-0.2, -0.15) is 13.2 Å². The average molecular weight is 448 g/mol. The molecule has 0 aliphatic heterocycles. The molecule has 0 bridgehead atoms. The fourth-order valence-corrected chi connectivity index (χ4v) is 4.23. The predicted molar refractivity (Wildman–Crippen MR) is 101 cm³/mol. The van der Waals surface area contributed by atoms with Gasteiger partial charge in [-0.1, -0.05) is 17.7 Å². The minimum absolute atomic E-state index is 0.112. The number of aliphatic carboxylic acids is 1. The first-order valence-electron chi connectivity index (χ1n) is 8.29. The molecule has 10 heteroatoms. The van der Waals surface area contributed by atoms with Gasteiger partial charge in [0.15, 0.2) is 11.6 Å². The highest BCUT2D eigenvalue weighted by atomic mass is 35.5. The Balaban J connectivity index is 1.90. The second-order valence-electron chi connectivity index (χ2n) is 6.35. The SMILES string of the molecule is Cc1nc(C(F)(F)F)ccc1COc1cc(Cl)c2c(C(C)C(=O)O)csc2c1F. The topological polar surface area (TPSA) is 59.4 Å². The number of hydrogen-bond donors (Lipinski definition) is 1. The van der Waals surface area contributed by atoms with E-state index in [2.05, 4.69) is 4.98 Å². The number of halogens is 5. The molecule has 0 aliphatic rings. The van der Waals surface area contributed by atoms with Crippen molar-refractivity contribution < 1.29 is 32.2 Å². The lowest BCUT2D eigenvalue weighted by molar-refractivity contribution is -0.141. The van der Waals surface area contributed by atoms with Gasteiger partial charge in [-0.25, -0.2) is 9.37 Å². The molecule has 0 radical (unpaired) electrons. The summed E-state index contributed by atoms with van der Waals surface area (Å²) < 4.78 is 58.6. The first-order chi connectivity index (χ1) is 13.5. The van der Waals surface area contributed by atoms with Crippen molar-refractivity contribution in [1.82, 2.24) is 4.98 Å². The molecule has 1 atom stereocenters. The van der Waals surface area contributed by atoms with Crippen molar-refractivity contribution in [2.75, 3.05) is 0 Å². The van der Waals surface area contributed by atoms with Crippen LogP contribution in [-0.2, 0) is 17.6 Å². The Hall–Kier alpha value is -2.39. The van der Waals surface area contributed by atoms with Crippen molar-refractivity contribution in [1.29, 1.82) is 0 Å². The number of alkyl halides is 3. The Labute approximate surface area is 171 Å². The minimum atomic E-state index is -4.56. The second kappa shape index (κ2) is 7.79. The molecule has 0 aliphatic carbocycles. The molecule has 2 aromatic heterocycles. The zero-order chi connectivity index (χ0) is 21.5. The van der Waals surface area contributed by atoms with Gasteiger partial charge in [0.2, 0.25) is 0 Å². The van der Waals surface area contributed by atoms with Gasteiger partial charge in [-0.3, -0.25) is 4.79 Å². The Morgan fingerprint density at radius 2 is 2.07 bits per heavy atom. The minimum Gasteiger partial charge on any atom is -0.486 e. The van der Waals surface area contributed by atoms with Crippen LogP contribution in [0.2, 0.25) is 5.02 Å². The van der Waals surface area contributed by atoms with Crippen LogP contribution < -0.4 is 4.74 Å². The molecule has 29 heavy (non-hydrogen) atoms. The maximum atomic E-state index is 14.9. The molecule has 3 aromatic rings. The van der Waals surface area contributed by atoms with Gasteiger partial charge in [-0.05, 0) is 30.9 Å². The summed E-state index contributed by atoms with van der Waals surface area (Å²) in [5, 5.41) is 11.2. The van der Waals surface area contributed by atoms with Crippen LogP contribution in [0.5, 0.6) is 5.75 Å². The van der Waals surface area contributed by atoms with E-state index in [-0.39, 0.29) is 27.8 Å². The Bertz CT molecular complexity index is 1100. The smallest absolute Gasteiger partial charge is 0.433 e. The van der Waals surface area contributed by atoms with Crippen LogP contribution in [0.25, 0.3) is 10.1 Å². The van der Waals surface area contributed by atoms with E-state index in [1.807, 2.05) is 0 Å². The number of aromatic nitrogens is 1. The zero-order valence-corrected chi connectivity index (χ0v) is 16.7. The van der Waals surface area contributed by atoms with Gasteiger partial charge in [0.05, 0.1) is 15.6 Å². The molecule has 3 rings (SSSR count). The summed E-state index contributed by atoms with van der Waals surface area (Å²) in [5.41, 5.74) is -0.148. The molecular weight excluding hydrogens is 434 g/mol. The van der Waals surface area contributed by atoms with Crippen LogP contribution in [0.1, 0.15) is 35.4 Å². The number of carboxylic acid groups (broad SMARTS) is 1. The highest BCUT2D eigenvalue weighted by molar-refractivity contribution is 7.17. The summed E-state index contributed by atoms with van der Waals surface area (Å²) in [6.07, 6.45) is -4.56. The van der Waals surface area contributed by atoms with Crippen LogP contribution in [-0.4, -0.2) is 16.1 Å². The van der Waals surface area contributed by atoms with E-state index in [1.54, 1.807) is 0 Å². The van der Waals surface area contributed by atoms with Gasteiger partial charge in [-0.15, -0.1) is 11.3 Å². The lowest BCUT2D eigenvalue weighted by Gasteiger charge is -2.13. The number of fused-ring (bicyclic) bond motifs is 1. The van der Waals surface area contributed by atoms with Crippen molar-refractivity contribution in [2.24, 2.45) is 0 Å². The number of carbonyl (C=O) groups is 1. The van der Waals surface area contributed by atoms with Crippen LogP contribution in [0.3, 0.4) is 0 Å². The van der Waals surface area contributed by atoms with Crippen LogP contribution in [0.15, 0.2) is 23.6 Å². The molecule has 0 saturated carbocycles. The van der Waals surface area contributed by atoms with E-state index in [1.165, 1.54) is 31.4 Å². The average Bonchev–Trinajstić information content (AvgIpc) is 3.08. The van der Waals surface area contributed by atoms with Crippen LogP contribution in [0.4, 0.5) is 17.6 Å². The largest absolute Gasteiger partial charge is 0.486 e. The molecule has 154 valence electrons. The first kappa shape index (κ1) is 21.3. The van der Waals surface area contributed by atoms with E-state index >= 15 is 0 Å². The maximum absolute atomic E-state index is 14.9. The van der Waals surface area contributed by atoms with Crippen molar-refractivity contribution in [2.45, 2.75) is 32.5 Å². The summed E-state index contributed by atoms with van der Waals surface area (Å²) in [7, 11) is 0. The Kier molecular flexibility index (Phi) is 5.73. The molecule has 2 heterocycles. The third-order valence-electron chi connectivity index (χ3n) is 4.44. The summed E-state index contributed by atoms with van der Waals surface area (Å²) in [4.78, 5) is 14.8. The standard InChI is InChI=1S/C19H14ClF4NO3S/c1-8(18(26)27)11-7-29-17-15(11)12(20)5-13(16(17)21)28-6-10-3-4-14(19(22,23)24)25-9(10)2/h3-5,7-8H,6H2,1-2H3,(H,26,27). The van der Waals surface area contributed by atoms with Crippen molar-refractivity contribution in [3.63, 3.8) is 0 Å². The summed E-state index contributed by atoms with van der Waals surface area (Å²) in [5.74, 6) is -2.82. The van der Waals surface area contributed by atoms with Crippen molar-refractivity contribution in [3.05, 3.63) is 56.9 Å².